The third-order valence-electron chi connectivity index (χ3n) is 5.86. The molecule has 0 unspecified atom stereocenters. The quantitative estimate of drug-likeness (QED) is 0.739. The summed E-state index contributed by atoms with van der Waals surface area (Å²) in [6.07, 6.45) is 2.74. The van der Waals surface area contributed by atoms with Crippen molar-refractivity contribution in [3.63, 3.8) is 0 Å². The second kappa shape index (κ2) is 7.49. The second-order valence-corrected chi connectivity index (χ2v) is 11.2. The Morgan fingerprint density at radius 2 is 1.76 bits per heavy atom. The lowest BCUT2D eigenvalue weighted by molar-refractivity contribution is 0.0573. The van der Waals surface area contributed by atoms with Crippen LogP contribution in [0.1, 0.15) is 40.1 Å². The highest BCUT2D eigenvalue weighted by Crippen LogP contribution is 2.45. The molecule has 1 aromatic carbocycles. The van der Waals surface area contributed by atoms with Crippen LogP contribution in [0.5, 0.6) is 0 Å². The van der Waals surface area contributed by atoms with E-state index in [4.69, 9.17) is 4.42 Å². The molecule has 2 aliphatic heterocycles. The predicted molar refractivity (Wildman–Crippen MR) is 114 cm³/mol. The third kappa shape index (κ3) is 3.51. The zero-order valence-electron chi connectivity index (χ0n) is 17.0. The zero-order valence-corrected chi connectivity index (χ0v) is 18.6. The van der Waals surface area contributed by atoms with Crippen LogP contribution in [0.3, 0.4) is 0 Å². The minimum atomic E-state index is -3.57. The van der Waals surface area contributed by atoms with E-state index in [1.165, 1.54) is 6.26 Å². The van der Waals surface area contributed by atoms with Crippen molar-refractivity contribution in [2.24, 2.45) is 0 Å². The second-order valence-electron chi connectivity index (χ2n) is 7.86. The topological polar surface area (TPSA) is 70.8 Å². The average molecular weight is 435 g/mol. The summed E-state index contributed by atoms with van der Waals surface area (Å²) in [6, 6.07) is 7.23. The Morgan fingerprint density at radius 1 is 1.10 bits per heavy atom. The molecular weight excluding hydrogens is 408 g/mol. The lowest BCUT2D eigenvalue weighted by Gasteiger charge is -2.43. The molecule has 156 valence electrons. The smallest absolute Gasteiger partial charge is 0.290 e. The van der Waals surface area contributed by atoms with Crippen LogP contribution in [-0.2, 0) is 10.0 Å². The largest absolute Gasteiger partial charge is 0.459 e. The van der Waals surface area contributed by atoms with Crippen LogP contribution >= 0.6 is 11.8 Å². The molecule has 1 spiro atoms. The van der Waals surface area contributed by atoms with E-state index >= 15 is 0 Å². The third-order valence-corrected chi connectivity index (χ3v) is 9.62. The Kier molecular flexibility index (Phi) is 5.29. The zero-order chi connectivity index (χ0) is 20.8. The molecule has 2 fully saturated rings. The number of benzene rings is 1. The molecule has 0 atom stereocenters. The SMILES string of the molecule is Cc1cc(C)c(S(=O)(=O)N2CCC3(CC2)SCCN3C(=O)c2ccco2)c(C)c1. The molecule has 2 aromatic rings. The molecule has 2 saturated heterocycles. The molecule has 4 rings (SSSR count). The van der Waals surface area contributed by atoms with Crippen LogP contribution in [0.25, 0.3) is 0 Å². The average Bonchev–Trinajstić information content (AvgIpc) is 3.31. The number of thioether (sulfide) groups is 1. The number of aryl methyl sites for hydroxylation is 3. The van der Waals surface area contributed by atoms with Gasteiger partial charge in [-0.25, -0.2) is 8.42 Å². The van der Waals surface area contributed by atoms with E-state index < -0.39 is 10.0 Å². The number of hydrogen-bond donors (Lipinski definition) is 0. The van der Waals surface area contributed by atoms with E-state index in [0.717, 1.165) is 22.4 Å². The summed E-state index contributed by atoms with van der Waals surface area (Å²) >= 11 is 1.76. The maximum Gasteiger partial charge on any atom is 0.290 e. The maximum absolute atomic E-state index is 13.4. The van der Waals surface area contributed by atoms with Gasteiger partial charge >= 0.3 is 0 Å². The Balaban J connectivity index is 1.55. The standard InChI is InChI=1S/C21H26N2O4S2/c1-15-13-16(2)19(17(3)14-15)29(25,26)22-8-6-21(7-9-22)23(10-12-28-21)20(24)18-5-4-11-27-18/h4-5,11,13-14H,6-10,12H2,1-3H3. The van der Waals surface area contributed by atoms with E-state index in [1.54, 1.807) is 28.2 Å². The molecule has 6 nitrogen and oxygen atoms in total. The summed E-state index contributed by atoms with van der Waals surface area (Å²) in [7, 11) is -3.57. The molecule has 0 bridgehead atoms. The highest BCUT2D eigenvalue weighted by molar-refractivity contribution is 8.00. The van der Waals surface area contributed by atoms with Gasteiger partial charge in [-0.3, -0.25) is 4.79 Å². The van der Waals surface area contributed by atoms with E-state index in [2.05, 4.69) is 0 Å². The highest BCUT2D eigenvalue weighted by Gasteiger charge is 2.48. The van der Waals surface area contributed by atoms with Gasteiger partial charge in [0.05, 0.1) is 16.0 Å². The first kappa shape index (κ1) is 20.5. The molecule has 0 aliphatic carbocycles. The summed E-state index contributed by atoms with van der Waals surface area (Å²) in [5.41, 5.74) is 2.63. The molecule has 8 heteroatoms. The van der Waals surface area contributed by atoms with Crippen molar-refractivity contribution in [2.45, 2.75) is 43.4 Å². The number of nitrogens with zero attached hydrogens (tertiary/aromatic N) is 2. The minimum absolute atomic E-state index is 0.110. The van der Waals surface area contributed by atoms with Gasteiger partial charge in [0.1, 0.15) is 0 Å². The van der Waals surface area contributed by atoms with Gasteiger partial charge in [0.25, 0.3) is 5.91 Å². The number of rotatable bonds is 3. The van der Waals surface area contributed by atoms with Crippen LogP contribution in [-0.4, -0.2) is 53.8 Å². The van der Waals surface area contributed by atoms with E-state index in [0.29, 0.717) is 43.1 Å². The number of amides is 1. The van der Waals surface area contributed by atoms with Gasteiger partial charge in [-0.05, 0) is 56.9 Å². The minimum Gasteiger partial charge on any atom is -0.459 e. The fourth-order valence-electron chi connectivity index (χ4n) is 4.62. The fourth-order valence-corrected chi connectivity index (χ4v) is 7.93. The van der Waals surface area contributed by atoms with Crippen molar-refractivity contribution < 1.29 is 17.6 Å². The van der Waals surface area contributed by atoms with E-state index in [1.807, 2.05) is 37.8 Å². The van der Waals surface area contributed by atoms with Gasteiger partial charge in [0.2, 0.25) is 10.0 Å². The number of carbonyl (C=O) groups is 1. The lowest BCUT2D eigenvalue weighted by atomic mass is 10.0. The molecular formula is C21H26N2O4S2. The van der Waals surface area contributed by atoms with Crippen molar-refractivity contribution in [3.8, 4) is 0 Å². The predicted octanol–water partition coefficient (Wildman–Crippen LogP) is 3.57. The maximum atomic E-state index is 13.4. The molecule has 1 aromatic heterocycles. The molecule has 0 saturated carbocycles. The van der Waals surface area contributed by atoms with Gasteiger partial charge in [0.15, 0.2) is 5.76 Å². The number of piperidine rings is 1. The summed E-state index contributed by atoms with van der Waals surface area (Å²) in [6.45, 7) is 7.16. The van der Waals surface area contributed by atoms with Gasteiger partial charge in [-0.15, -0.1) is 11.8 Å². The van der Waals surface area contributed by atoms with E-state index in [9.17, 15) is 13.2 Å². The number of hydrogen-bond acceptors (Lipinski definition) is 5. The molecule has 0 N–H and O–H groups in total. The molecule has 29 heavy (non-hydrogen) atoms. The summed E-state index contributed by atoms with van der Waals surface area (Å²) < 4.78 is 33.6. The van der Waals surface area contributed by atoms with Crippen molar-refractivity contribution in [1.29, 1.82) is 0 Å². The molecule has 2 aliphatic rings. The van der Waals surface area contributed by atoms with Crippen molar-refractivity contribution >= 4 is 27.7 Å². The van der Waals surface area contributed by atoms with Crippen LogP contribution in [0.2, 0.25) is 0 Å². The van der Waals surface area contributed by atoms with Crippen LogP contribution < -0.4 is 0 Å². The summed E-state index contributed by atoms with van der Waals surface area (Å²) in [4.78, 5) is 14.8. The highest BCUT2D eigenvalue weighted by atomic mass is 32.2. The van der Waals surface area contributed by atoms with Crippen molar-refractivity contribution in [1.82, 2.24) is 9.21 Å². The Bertz CT molecular complexity index is 1000. The first-order valence-electron chi connectivity index (χ1n) is 9.82. The van der Waals surface area contributed by atoms with Crippen molar-refractivity contribution in [3.05, 3.63) is 53.0 Å². The van der Waals surface area contributed by atoms with Gasteiger partial charge in [-0.2, -0.15) is 4.31 Å². The van der Waals surface area contributed by atoms with Gasteiger partial charge in [-0.1, -0.05) is 17.7 Å². The summed E-state index contributed by atoms with van der Waals surface area (Å²) in [5, 5.41) is 0. The normalized spacial score (nSPS) is 19.8. The van der Waals surface area contributed by atoms with Crippen molar-refractivity contribution in [2.75, 3.05) is 25.4 Å². The summed E-state index contributed by atoms with van der Waals surface area (Å²) in [5.74, 6) is 1.09. The fraction of sp³-hybridized carbons (Fsp3) is 0.476. The van der Waals surface area contributed by atoms with Crippen LogP contribution in [0.4, 0.5) is 0 Å². The lowest BCUT2D eigenvalue weighted by Crippen LogP contribution is -2.53. The van der Waals surface area contributed by atoms with Crippen LogP contribution in [0.15, 0.2) is 39.8 Å². The first-order chi connectivity index (χ1) is 13.7. The first-order valence-corrected chi connectivity index (χ1v) is 12.2. The van der Waals surface area contributed by atoms with Crippen LogP contribution in [0, 0.1) is 20.8 Å². The molecule has 1 amide bonds. The van der Waals surface area contributed by atoms with E-state index in [-0.39, 0.29) is 10.8 Å². The number of furan rings is 1. The number of carbonyl (C=O) groups excluding carboxylic acids is 1. The Morgan fingerprint density at radius 3 is 2.34 bits per heavy atom. The monoisotopic (exact) mass is 434 g/mol. The Hall–Kier alpha value is -1.77. The molecule has 3 heterocycles. The number of sulfonamides is 1. The van der Waals surface area contributed by atoms with Gasteiger partial charge in [0, 0.05) is 25.4 Å². The van der Waals surface area contributed by atoms with Gasteiger partial charge < -0.3 is 9.32 Å². The molecule has 0 radical (unpaired) electrons. The Labute approximate surface area is 176 Å².